The van der Waals surface area contributed by atoms with E-state index in [0.717, 1.165) is 35.3 Å². The van der Waals surface area contributed by atoms with E-state index >= 15 is 0 Å². The lowest BCUT2D eigenvalue weighted by Gasteiger charge is -2.36. The highest BCUT2D eigenvalue weighted by molar-refractivity contribution is 9.10. The van der Waals surface area contributed by atoms with Gasteiger partial charge in [-0.25, -0.2) is 4.98 Å². The second-order valence-corrected chi connectivity index (χ2v) is 6.21. The molecule has 1 aromatic rings. The van der Waals surface area contributed by atoms with E-state index in [0.29, 0.717) is 0 Å². The van der Waals surface area contributed by atoms with Crippen molar-refractivity contribution in [3.63, 3.8) is 0 Å². The van der Waals surface area contributed by atoms with Crippen LogP contribution in [-0.4, -0.2) is 30.7 Å². The molecule has 2 aliphatic rings. The van der Waals surface area contributed by atoms with Gasteiger partial charge >= 0.3 is 0 Å². The van der Waals surface area contributed by atoms with Crippen LogP contribution in [0.1, 0.15) is 25.7 Å². The fourth-order valence-electron chi connectivity index (χ4n) is 3.25. The molecule has 0 bridgehead atoms. The van der Waals surface area contributed by atoms with Crippen molar-refractivity contribution in [2.45, 2.75) is 31.7 Å². The van der Waals surface area contributed by atoms with Gasteiger partial charge in [-0.3, -0.25) is 0 Å². The molecule has 98 valence electrons. The van der Waals surface area contributed by atoms with Crippen LogP contribution in [0.3, 0.4) is 0 Å². The lowest BCUT2D eigenvalue weighted by Crippen LogP contribution is -2.43. The first kappa shape index (κ1) is 12.4. The molecule has 2 fully saturated rings. The maximum Gasteiger partial charge on any atom is 0.142 e. The van der Waals surface area contributed by atoms with Crippen LogP contribution >= 0.6 is 15.9 Å². The van der Waals surface area contributed by atoms with Crippen molar-refractivity contribution >= 4 is 21.7 Å². The summed E-state index contributed by atoms with van der Waals surface area (Å²) in [7, 11) is 0. The summed E-state index contributed by atoms with van der Waals surface area (Å²) < 4.78 is 1.12. The van der Waals surface area contributed by atoms with Gasteiger partial charge in [0.25, 0.3) is 0 Å². The number of halogens is 1. The van der Waals surface area contributed by atoms with Gasteiger partial charge in [0, 0.05) is 25.3 Å². The molecular weight excluding hydrogens is 290 g/mol. The first-order valence-corrected chi connectivity index (χ1v) is 7.73. The Bertz CT molecular complexity index is 404. The molecule has 2 unspecified atom stereocenters. The van der Waals surface area contributed by atoms with Crippen molar-refractivity contribution in [1.29, 1.82) is 0 Å². The SMILES string of the molecule is Brc1cccnc1N1CCCC(C2CCCN2)C1. The van der Waals surface area contributed by atoms with Crippen LogP contribution in [0, 0.1) is 5.92 Å². The highest BCUT2D eigenvalue weighted by Crippen LogP contribution is 2.30. The van der Waals surface area contributed by atoms with E-state index in [-0.39, 0.29) is 0 Å². The Morgan fingerprint density at radius 1 is 1.33 bits per heavy atom. The van der Waals surface area contributed by atoms with Crippen LogP contribution in [0.4, 0.5) is 5.82 Å². The first-order valence-electron chi connectivity index (χ1n) is 6.93. The zero-order chi connectivity index (χ0) is 12.4. The maximum absolute atomic E-state index is 4.52. The van der Waals surface area contributed by atoms with Gasteiger partial charge in [0.1, 0.15) is 5.82 Å². The Morgan fingerprint density at radius 3 is 3.06 bits per heavy atom. The van der Waals surface area contributed by atoms with Crippen molar-refractivity contribution in [3.05, 3.63) is 22.8 Å². The zero-order valence-electron chi connectivity index (χ0n) is 10.6. The van der Waals surface area contributed by atoms with Gasteiger partial charge < -0.3 is 10.2 Å². The van der Waals surface area contributed by atoms with Crippen molar-refractivity contribution < 1.29 is 0 Å². The largest absolute Gasteiger partial charge is 0.355 e. The summed E-state index contributed by atoms with van der Waals surface area (Å²) in [5, 5.41) is 3.65. The molecule has 0 spiro atoms. The summed E-state index contributed by atoms with van der Waals surface area (Å²) in [5.74, 6) is 1.90. The van der Waals surface area contributed by atoms with Gasteiger partial charge in [-0.1, -0.05) is 0 Å². The van der Waals surface area contributed by atoms with Gasteiger partial charge in [0.05, 0.1) is 4.47 Å². The number of piperidine rings is 1. The minimum absolute atomic E-state index is 0.732. The Morgan fingerprint density at radius 2 is 2.28 bits per heavy atom. The zero-order valence-corrected chi connectivity index (χ0v) is 12.2. The number of hydrogen-bond donors (Lipinski definition) is 1. The number of pyridine rings is 1. The standard InChI is InChI=1S/C14H20BrN3/c15-12-5-1-8-17-14(12)18-9-3-4-11(10-18)13-6-2-7-16-13/h1,5,8,11,13,16H,2-4,6-7,9-10H2. The molecule has 0 amide bonds. The minimum Gasteiger partial charge on any atom is -0.355 e. The summed E-state index contributed by atoms with van der Waals surface area (Å²) in [6.07, 6.45) is 7.22. The smallest absolute Gasteiger partial charge is 0.142 e. The average Bonchev–Trinajstić information content (AvgIpc) is 2.93. The highest BCUT2D eigenvalue weighted by Gasteiger charge is 2.29. The fraction of sp³-hybridized carbons (Fsp3) is 0.643. The first-order chi connectivity index (χ1) is 8.84. The molecule has 0 radical (unpaired) electrons. The van der Waals surface area contributed by atoms with E-state index in [2.05, 4.69) is 37.2 Å². The van der Waals surface area contributed by atoms with Gasteiger partial charge in [-0.15, -0.1) is 0 Å². The van der Waals surface area contributed by atoms with Gasteiger partial charge in [-0.05, 0) is 66.2 Å². The van der Waals surface area contributed by atoms with Crippen molar-refractivity contribution in [2.75, 3.05) is 24.5 Å². The van der Waals surface area contributed by atoms with Crippen LogP contribution in [0.2, 0.25) is 0 Å². The van der Waals surface area contributed by atoms with E-state index < -0.39 is 0 Å². The molecular formula is C14H20BrN3. The Labute approximate surface area is 117 Å². The van der Waals surface area contributed by atoms with E-state index in [1.807, 2.05) is 12.3 Å². The molecule has 3 nitrogen and oxygen atoms in total. The van der Waals surface area contributed by atoms with E-state index in [1.165, 1.54) is 32.2 Å². The van der Waals surface area contributed by atoms with Crippen LogP contribution < -0.4 is 10.2 Å². The third-order valence-corrected chi connectivity index (χ3v) is 4.78. The van der Waals surface area contributed by atoms with Gasteiger partial charge in [0.2, 0.25) is 0 Å². The molecule has 1 aromatic heterocycles. The van der Waals surface area contributed by atoms with Crippen molar-refractivity contribution in [2.24, 2.45) is 5.92 Å². The summed E-state index contributed by atoms with van der Waals surface area (Å²) in [5.41, 5.74) is 0. The normalized spacial score (nSPS) is 28.6. The molecule has 2 saturated heterocycles. The number of aromatic nitrogens is 1. The van der Waals surface area contributed by atoms with Crippen LogP contribution in [0.15, 0.2) is 22.8 Å². The summed E-state index contributed by atoms with van der Waals surface area (Å²) in [4.78, 5) is 6.96. The topological polar surface area (TPSA) is 28.2 Å². The van der Waals surface area contributed by atoms with E-state index in [1.54, 1.807) is 0 Å². The maximum atomic E-state index is 4.52. The quantitative estimate of drug-likeness (QED) is 0.910. The lowest BCUT2D eigenvalue weighted by atomic mass is 9.90. The molecule has 4 heteroatoms. The molecule has 3 rings (SSSR count). The number of nitrogens with one attached hydrogen (secondary N) is 1. The fourth-order valence-corrected chi connectivity index (χ4v) is 3.76. The number of anilines is 1. The molecule has 0 aromatic carbocycles. The van der Waals surface area contributed by atoms with E-state index in [4.69, 9.17) is 0 Å². The lowest BCUT2D eigenvalue weighted by molar-refractivity contribution is 0.328. The number of rotatable bonds is 2. The van der Waals surface area contributed by atoms with Crippen molar-refractivity contribution in [3.8, 4) is 0 Å². The summed E-state index contributed by atoms with van der Waals surface area (Å²) >= 11 is 3.62. The second-order valence-electron chi connectivity index (χ2n) is 5.36. The summed E-state index contributed by atoms with van der Waals surface area (Å²) in [6, 6.07) is 4.79. The summed E-state index contributed by atoms with van der Waals surface area (Å²) in [6.45, 7) is 3.49. The predicted molar refractivity (Wildman–Crippen MR) is 77.9 cm³/mol. The number of nitrogens with zero attached hydrogens (tertiary/aromatic N) is 2. The molecule has 18 heavy (non-hydrogen) atoms. The van der Waals surface area contributed by atoms with E-state index in [9.17, 15) is 0 Å². The Balaban J connectivity index is 1.72. The number of hydrogen-bond acceptors (Lipinski definition) is 3. The van der Waals surface area contributed by atoms with Gasteiger partial charge in [-0.2, -0.15) is 0 Å². The third kappa shape index (κ3) is 2.54. The monoisotopic (exact) mass is 309 g/mol. The predicted octanol–water partition coefficient (Wildman–Crippen LogP) is 2.81. The second kappa shape index (κ2) is 5.57. The third-order valence-electron chi connectivity index (χ3n) is 4.16. The van der Waals surface area contributed by atoms with Crippen LogP contribution in [0.25, 0.3) is 0 Å². The van der Waals surface area contributed by atoms with Gasteiger partial charge in [0.15, 0.2) is 0 Å². The van der Waals surface area contributed by atoms with Crippen LogP contribution in [0.5, 0.6) is 0 Å². The van der Waals surface area contributed by atoms with Crippen LogP contribution in [-0.2, 0) is 0 Å². The molecule has 3 heterocycles. The molecule has 2 aliphatic heterocycles. The molecule has 2 atom stereocenters. The molecule has 0 aliphatic carbocycles. The highest BCUT2D eigenvalue weighted by atomic mass is 79.9. The van der Waals surface area contributed by atoms with Crippen molar-refractivity contribution in [1.82, 2.24) is 10.3 Å². The Kier molecular flexibility index (Phi) is 3.85. The average molecular weight is 310 g/mol. The molecule has 1 N–H and O–H groups in total. The molecule has 0 saturated carbocycles. The minimum atomic E-state index is 0.732. The Hall–Kier alpha value is -0.610.